The van der Waals surface area contributed by atoms with Crippen LogP contribution in [0.25, 0.3) is 0 Å². The average Bonchev–Trinajstić information content (AvgIpc) is 2.92. The minimum atomic E-state index is 0.507. The molecule has 3 rings (SSSR count). The van der Waals surface area contributed by atoms with E-state index in [9.17, 15) is 0 Å². The van der Waals surface area contributed by atoms with Gasteiger partial charge in [-0.15, -0.1) is 0 Å². The highest BCUT2D eigenvalue weighted by molar-refractivity contribution is 5.41. The highest BCUT2D eigenvalue weighted by Gasteiger charge is 2.22. The predicted molar refractivity (Wildman–Crippen MR) is 88.0 cm³/mol. The van der Waals surface area contributed by atoms with Gasteiger partial charge in [-0.25, -0.2) is 4.68 Å². The second-order valence-electron chi connectivity index (χ2n) is 6.14. The molecule has 1 aliphatic rings. The monoisotopic (exact) mass is 283 g/mol. The van der Waals surface area contributed by atoms with Crippen LogP contribution < -0.4 is 5.32 Å². The number of fused-ring (bicyclic) bond motifs is 1. The van der Waals surface area contributed by atoms with Gasteiger partial charge in [-0.2, -0.15) is 5.10 Å². The topological polar surface area (TPSA) is 29.9 Å². The van der Waals surface area contributed by atoms with Gasteiger partial charge < -0.3 is 5.32 Å². The molecule has 21 heavy (non-hydrogen) atoms. The molecule has 0 saturated carbocycles. The number of benzene rings is 1. The van der Waals surface area contributed by atoms with Crippen molar-refractivity contribution < 1.29 is 0 Å². The van der Waals surface area contributed by atoms with Gasteiger partial charge in [0.2, 0.25) is 0 Å². The molecule has 0 radical (unpaired) electrons. The molecule has 3 heteroatoms. The number of rotatable bonds is 4. The van der Waals surface area contributed by atoms with Gasteiger partial charge in [0.15, 0.2) is 0 Å². The number of aromatic nitrogens is 2. The van der Waals surface area contributed by atoms with Crippen LogP contribution in [0.5, 0.6) is 0 Å². The Hall–Kier alpha value is -1.77. The molecule has 1 atom stereocenters. The van der Waals surface area contributed by atoms with E-state index in [1.54, 1.807) is 0 Å². The van der Waals surface area contributed by atoms with Gasteiger partial charge >= 0.3 is 0 Å². The van der Waals surface area contributed by atoms with E-state index in [2.05, 4.69) is 61.1 Å². The predicted octanol–water partition coefficient (Wildman–Crippen LogP) is 4.30. The Kier molecular flexibility index (Phi) is 4.00. The molecule has 1 aromatic carbocycles. The third-order valence-electron chi connectivity index (χ3n) is 4.67. The molecule has 0 spiro atoms. The SMILES string of the molecule is CCC(CC)c1cc2n(n1)CC(c1ccc(C)cc1)CN2. The van der Waals surface area contributed by atoms with Crippen molar-refractivity contribution in [2.75, 3.05) is 11.9 Å². The summed E-state index contributed by atoms with van der Waals surface area (Å²) in [5.41, 5.74) is 3.96. The molecular weight excluding hydrogens is 258 g/mol. The molecule has 1 aliphatic heterocycles. The molecule has 0 fully saturated rings. The third-order valence-corrected chi connectivity index (χ3v) is 4.67. The lowest BCUT2D eigenvalue weighted by atomic mass is 9.97. The zero-order chi connectivity index (χ0) is 14.8. The second kappa shape index (κ2) is 5.92. The number of nitrogens with zero attached hydrogens (tertiary/aromatic N) is 2. The second-order valence-corrected chi connectivity index (χ2v) is 6.14. The minimum absolute atomic E-state index is 0.507. The number of nitrogens with one attached hydrogen (secondary N) is 1. The van der Waals surface area contributed by atoms with Gasteiger partial charge in [-0.1, -0.05) is 43.7 Å². The van der Waals surface area contributed by atoms with Crippen LogP contribution in [0, 0.1) is 6.92 Å². The van der Waals surface area contributed by atoms with Crippen LogP contribution in [-0.4, -0.2) is 16.3 Å². The summed E-state index contributed by atoms with van der Waals surface area (Å²) >= 11 is 0. The van der Waals surface area contributed by atoms with Gasteiger partial charge in [0, 0.05) is 24.4 Å². The van der Waals surface area contributed by atoms with Crippen LogP contribution in [0.2, 0.25) is 0 Å². The Balaban J connectivity index is 1.80. The Morgan fingerprint density at radius 3 is 2.62 bits per heavy atom. The Labute approximate surface area is 127 Å². The molecule has 0 amide bonds. The van der Waals surface area contributed by atoms with E-state index in [-0.39, 0.29) is 0 Å². The molecule has 2 aromatic rings. The average molecular weight is 283 g/mol. The highest BCUT2D eigenvalue weighted by Crippen LogP contribution is 2.30. The van der Waals surface area contributed by atoms with Crippen molar-refractivity contribution in [2.45, 2.75) is 52.0 Å². The van der Waals surface area contributed by atoms with Crippen molar-refractivity contribution in [3.8, 4) is 0 Å². The van der Waals surface area contributed by atoms with Gasteiger partial charge in [-0.05, 0) is 25.3 Å². The number of hydrogen-bond donors (Lipinski definition) is 1. The van der Waals surface area contributed by atoms with Gasteiger partial charge in [-0.3, -0.25) is 0 Å². The van der Waals surface area contributed by atoms with E-state index >= 15 is 0 Å². The molecular formula is C18H25N3. The Morgan fingerprint density at radius 2 is 1.95 bits per heavy atom. The van der Waals surface area contributed by atoms with Crippen LogP contribution in [0.15, 0.2) is 30.3 Å². The first-order valence-electron chi connectivity index (χ1n) is 8.09. The van der Waals surface area contributed by atoms with E-state index in [0.717, 1.165) is 25.9 Å². The van der Waals surface area contributed by atoms with Crippen molar-refractivity contribution in [1.82, 2.24) is 9.78 Å². The molecule has 1 unspecified atom stereocenters. The number of hydrogen-bond acceptors (Lipinski definition) is 2. The van der Waals surface area contributed by atoms with Crippen LogP contribution in [0.3, 0.4) is 0 Å². The van der Waals surface area contributed by atoms with E-state index in [1.165, 1.54) is 22.6 Å². The zero-order valence-corrected chi connectivity index (χ0v) is 13.3. The van der Waals surface area contributed by atoms with Crippen LogP contribution >= 0.6 is 0 Å². The molecule has 0 bridgehead atoms. The smallest absolute Gasteiger partial charge is 0.124 e. The van der Waals surface area contributed by atoms with Gasteiger partial charge in [0.1, 0.15) is 5.82 Å². The molecule has 0 aliphatic carbocycles. The largest absolute Gasteiger partial charge is 0.370 e. The van der Waals surface area contributed by atoms with Gasteiger partial charge in [0.05, 0.1) is 12.2 Å². The van der Waals surface area contributed by atoms with Crippen molar-refractivity contribution in [3.63, 3.8) is 0 Å². The van der Waals surface area contributed by atoms with Crippen LogP contribution in [0.1, 0.15) is 55.3 Å². The fourth-order valence-electron chi connectivity index (χ4n) is 3.19. The fraction of sp³-hybridized carbons (Fsp3) is 0.500. The van der Waals surface area contributed by atoms with Crippen molar-refractivity contribution in [1.29, 1.82) is 0 Å². The highest BCUT2D eigenvalue weighted by atomic mass is 15.3. The van der Waals surface area contributed by atoms with Crippen molar-refractivity contribution >= 4 is 5.82 Å². The molecule has 3 nitrogen and oxygen atoms in total. The summed E-state index contributed by atoms with van der Waals surface area (Å²) < 4.78 is 2.15. The maximum Gasteiger partial charge on any atom is 0.124 e. The van der Waals surface area contributed by atoms with E-state index < -0.39 is 0 Å². The van der Waals surface area contributed by atoms with E-state index in [1.807, 2.05) is 0 Å². The summed E-state index contributed by atoms with van der Waals surface area (Å²) in [6, 6.07) is 11.1. The summed E-state index contributed by atoms with van der Waals surface area (Å²) in [5.74, 6) is 2.27. The van der Waals surface area contributed by atoms with E-state index in [0.29, 0.717) is 11.8 Å². The summed E-state index contributed by atoms with van der Waals surface area (Å²) in [7, 11) is 0. The van der Waals surface area contributed by atoms with Crippen molar-refractivity contribution in [2.24, 2.45) is 0 Å². The lowest BCUT2D eigenvalue weighted by Crippen LogP contribution is -2.26. The quantitative estimate of drug-likeness (QED) is 0.906. The molecule has 1 aromatic heterocycles. The third kappa shape index (κ3) is 2.82. The molecule has 2 heterocycles. The Bertz CT molecular complexity index is 593. The fourth-order valence-corrected chi connectivity index (χ4v) is 3.19. The number of anilines is 1. The summed E-state index contributed by atoms with van der Waals surface area (Å²) in [6.07, 6.45) is 2.32. The maximum atomic E-state index is 4.84. The molecule has 1 N–H and O–H groups in total. The zero-order valence-electron chi connectivity index (χ0n) is 13.3. The lowest BCUT2D eigenvalue weighted by molar-refractivity contribution is 0.493. The normalized spacial score (nSPS) is 17.6. The first-order chi connectivity index (χ1) is 10.2. The van der Waals surface area contributed by atoms with Crippen LogP contribution in [0.4, 0.5) is 5.82 Å². The maximum absolute atomic E-state index is 4.84. The molecule has 112 valence electrons. The Morgan fingerprint density at radius 1 is 1.24 bits per heavy atom. The first kappa shape index (κ1) is 14.2. The first-order valence-corrected chi connectivity index (χ1v) is 8.09. The minimum Gasteiger partial charge on any atom is -0.370 e. The summed E-state index contributed by atoms with van der Waals surface area (Å²) in [4.78, 5) is 0. The van der Waals surface area contributed by atoms with Crippen molar-refractivity contribution in [3.05, 3.63) is 47.2 Å². The molecule has 0 saturated heterocycles. The lowest BCUT2D eigenvalue weighted by Gasteiger charge is -2.25. The number of aryl methyl sites for hydroxylation is 1. The standard InChI is InChI=1S/C18H25N3/c1-4-14(5-2)17-10-18-19-11-16(12-21(18)20-17)15-8-6-13(3)7-9-15/h6-10,14,16,19H,4-5,11-12H2,1-3H3. The summed E-state index contributed by atoms with van der Waals surface area (Å²) in [5, 5.41) is 8.39. The van der Waals surface area contributed by atoms with E-state index in [4.69, 9.17) is 5.10 Å². The summed E-state index contributed by atoms with van der Waals surface area (Å²) in [6.45, 7) is 8.60. The van der Waals surface area contributed by atoms with Crippen LogP contribution in [-0.2, 0) is 6.54 Å². The van der Waals surface area contributed by atoms with Gasteiger partial charge in [0.25, 0.3) is 0 Å².